The summed E-state index contributed by atoms with van der Waals surface area (Å²) in [5.74, 6) is 2.73. The largest absolute Gasteiger partial charge is 0.476 e. The lowest BCUT2D eigenvalue weighted by molar-refractivity contribution is 0.232. The topological polar surface area (TPSA) is 131 Å². The maximum absolute atomic E-state index is 6.39. The van der Waals surface area contributed by atoms with Crippen molar-refractivity contribution in [2.45, 2.75) is 57.9 Å². The van der Waals surface area contributed by atoms with Gasteiger partial charge in [-0.05, 0) is 50.8 Å². The summed E-state index contributed by atoms with van der Waals surface area (Å²) in [6.07, 6.45) is 4.87. The Labute approximate surface area is 193 Å². The van der Waals surface area contributed by atoms with Gasteiger partial charge in [-0.3, -0.25) is 10.00 Å². The smallest absolute Gasteiger partial charge is 0.230 e. The van der Waals surface area contributed by atoms with Crippen molar-refractivity contribution >= 4 is 11.8 Å². The lowest BCUT2D eigenvalue weighted by Crippen LogP contribution is -2.25. The zero-order chi connectivity index (χ0) is 22.8. The lowest BCUT2D eigenvalue weighted by Gasteiger charge is -2.16. The first-order valence-electron chi connectivity index (χ1n) is 11.8. The van der Waals surface area contributed by atoms with Crippen LogP contribution in [0.5, 0.6) is 5.88 Å². The van der Waals surface area contributed by atoms with Gasteiger partial charge in [0, 0.05) is 24.2 Å². The van der Waals surface area contributed by atoms with Crippen LogP contribution in [0.4, 0.5) is 11.8 Å². The summed E-state index contributed by atoms with van der Waals surface area (Å²) in [6, 6.07) is 3.97. The molecule has 5 rings (SSSR count). The standard InChI is InChI=1S/C23H32N8O2/c1-14(2)17-11-16(33-30-17)13-25-23-26-21(24)20(19-12-18(28-29-19)15-5-6-15)22(27-23)32-10-9-31-7-3-4-8-31/h11-12,14-15H,3-10,13H2,1-2H3,(H,28,29)(H3,24,25,26,27). The first-order valence-corrected chi connectivity index (χ1v) is 11.8. The second-order valence-corrected chi connectivity index (χ2v) is 9.22. The Morgan fingerprint density at radius 2 is 2.06 bits per heavy atom. The number of rotatable bonds is 10. The van der Waals surface area contributed by atoms with Gasteiger partial charge in [0.2, 0.25) is 11.8 Å². The van der Waals surface area contributed by atoms with Crippen LogP contribution in [0, 0.1) is 0 Å². The number of likely N-dealkylation sites (tertiary alicyclic amines) is 1. The van der Waals surface area contributed by atoms with Gasteiger partial charge >= 0.3 is 0 Å². The summed E-state index contributed by atoms with van der Waals surface area (Å²) >= 11 is 0. The Hall–Kier alpha value is -3.14. The quantitative estimate of drug-likeness (QED) is 0.423. The molecule has 4 N–H and O–H groups in total. The number of nitrogens with two attached hydrogens (primary N) is 1. The minimum absolute atomic E-state index is 0.304. The molecule has 0 atom stereocenters. The number of nitrogens with one attached hydrogen (secondary N) is 2. The number of hydrogen-bond acceptors (Lipinski definition) is 9. The van der Waals surface area contributed by atoms with Crippen LogP contribution < -0.4 is 15.8 Å². The molecule has 1 saturated heterocycles. The van der Waals surface area contributed by atoms with Gasteiger partial charge in [-0.25, -0.2) is 0 Å². The van der Waals surface area contributed by atoms with Crippen LogP contribution in [-0.2, 0) is 6.54 Å². The number of H-pyrrole nitrogens is 1. The maximum Gasteiger partial charge on any atom is 0.230 e. The van der Waals surface area contributed by atoms with E-state index in [1.165, 1.54) is 25.7 Å². The first kappa shape index (κ1) is 21.7. The van der Waals surface area contributed by atoms with Crippen LogP contribution in [0.1, 0.15) is 68.5 Å². The predicted molar refractivity (Wildman–Crippen MR) is 125 cm³/mol. The van der Waals surface area contributed by atoms with E-state index in [1.807, 2.05) is 12.1 Å². The minimum atomic E-state index is 0.304. The molecule has 10 nitrogen and oxygen atoms in total. The molecule has 10 heteroatoms. The summed E-state index contributed by atoms with van der Waals surface area (Å²) in [5, 5.41) is 14.9. The number of aromatic nitrogens is 5. The summed E-state index contributed by atoms with van der Waals surface area (Å²) < 4.78 is 11.5. The van der Waals surface area contributed by atoms with Crippen LogP contribution in [0.3, 0.4) is 0 Å². The van der Waals surface area contributed by atoms with Crippen molar-refractivity contribution in [2.75, 3.05) is 37.3 Å². The summed E-state index contributed by atoms with van der Waals surface area (Å²) in [6.45, 7) is 8.18. The highest BCUT2D eigenvalue weighted by molar-refractivity contribution is 5.77. The molecule has 2 aliphatic rings. The second kappa shape index (κ2) is 9.38. The molecule has 0 radical (unpaired) electrons. The number of nitrogens with zero attached hydrogens (tertiary/aromatic N) is 5. The fourth-order valence-corrected chi connectivity index (χ4v) is 4.08. The van der Waals surface area contributed by atoms with Gasteiger partial charge in [-0.2, -0.15) is 15.1 Å². The van der Waals surface area contributed by atoms with E-state index in [0.717, 1.165) is 31.0 Å². The van der Waals surface area contributed by atoms with E-state index in [-0.39, 0.29) is 0 Å². The maximum atomic E-state index is 6.39. The molecular weight excluding hydrogens is 420 g/mol. The highest BCUT2D eigenvalue weighted by atomic mass is 16.5. The minimum Gasteiger partial charge on any atom is -0.476 e. The fraction of sp³-hybridized carbons (Fsp3) is 0.565. The Morgan fingerprint density at radius 1 is 1.24 bits per heavy atom. The zero-order valence-electron chi connectivity index (χ0n) is 19.3. The summed E-state index contributed by atoms with van der Waals surface area (Å²) in [7, 11) is 0. The third kappa shape index (κ3) is 5.11. The number of nitrogen functional groups attached to an aromatic ring is 1. The van der Waals surface area contributed by atoms with Crippen LogP contribution in [-0.4, -0.2) is 56.5 Å². The third-order valence-electron chi connectivity index (χ3n) is 6.21. The van der Waals surface area contributed by atoms with Gasteiger partial charge in [-0.15, -0.1) is 0 Å². The van der Waals surface area contributed by atoms with E-state index in [0.29, 0.717) is 59.7 Å². The Morgan fingerprint density at radius 3 is 2.79 bits per heavy atom. The lowest BCUT2D eigenvalue weighted by atomic mass is 10.1. The average molecular weight is 453 g/mol. The van der Waals surface area contributed by atoms with Gasteiger partial charge in [-0.1, -0.05) is 19.0 Å². The molecule has 0 amide bonds. The van der Waals surface area contributed by atoms with Gasteiger partial charge in [0.05, 0.1) is 12.2 Å². The van der Waals surface area contributed by atoms with Crippen LogP contribution in [0.25, 0.3) is 11.3 Å². The molecule has 2 fully saturated rings. The van der Waals surface area contributed by atoms with E-state index >= 15 is 0 Å². The molecule has 0 aromatic carbocycles. The molecule has 1 aliphatic carbocycles. The summed E-state index contributed by atoms with van der Waals surface area (Å²) in [4.78, 5) is 11.5. The molecule has 33 heavy (non-hydrogen) atoms. The molecule has 1 saturated carbocycles. The highest BCUT2D eigenvalue weighted by Gasteiger charge is 2.27. The highest BCUT2D eigenvalue weighted by Crippen LogP contribution is 2.41. The first-order chi connectivity index (χ1) is 16.1. The van der Waals surface area contributed by atoms with Crippen molar-refractivity contribution in [3.05, 3.63) is 29.3 Å². The Kier molecular flexibility index (Phi) is 6.17. The van der Waals surface area contributed by atoms with E-state index in [1.54, 1.807) is 0 Å². The van der Waals surface area contributed by atoms with Crippen LogP contribution in [0.15, 0.2) is 16.7 Å². The Balaban J connectivity index is 1.35. The molecule has 3 aromatic rings. The van der Waals surface area contributed by atoms with Crippen molar-refractivity contribution in [2.24, 2.45) is 0 Å². The number of anilines is 2. The molecule has 3 aromatic heterocycles. The van der Waals surface area contributed by atoms with E-state index < -0.39 is 0 Å². The number of ether oxygens (including phenoxy) is 1. The predicted octanol–water partition coefficient (Wildman–Crippen LogP) is 3.52. The van der Waals surface area contributed by atoms with Crippen molar-refractivity contribution < 1.29 is 9.26 Å². The summed E-state index contributed by atoms with van der Waals surface area (Å²) in [5.41, 5.74) is 9.78. The zero-order valence-corrected chi connectivity index (χ0v) is 19.3. The van der Waals surface area contributed by atoms with Crippen LogP contribution >= 0.6 is 0 Å². The molecule has 0 unspecified atom stereocenters. The van der Waals surface area contributed by atoms with E-state index in [4.69, 9.17) is 15.0 Å². The molecular formula is C23H32N8O2. The van der Waals surface area contributed by atoms with Gasteiger partial charge in [0.1, 0.15) is 23.7 Å². The van der Waals surface area contributed by atoms with Crippen molar-refractivity contribution in [3.8, 4) is 17.1 Å². The van der Waals surface area contributed by atoms with E-state index in [9.17, 15) is 0 Å². The number of hydrogen-bond donors (Lipinski definition) is 3. The molecule has 176 valence electrons. The molecule has 0 spiro atoms. The van der Waals surface area contributed by atoms with Crippen molar-refractivity contribution in [1.29, 1.82) is 0 Å². The average Bonchev–Trinajstić information content (AvgIpc) is 3.20. The monoisotopic (exact) mass is 452 g/mol. The van der Waals surface area contributed by atoms with Gasteiger partial charge < -0.3 is 20.3 Å². The SMILES string of the molecule is CC(C)c1cc(CNc2nc(N)c(-c3cc(C4CC4)[nH]n3)c(OCCN3CCCC3)n2)on1. The van der Waals surface area contributed by atoms with Gasteiger partial charge in [0.15, 0.2) is 5.76 Å². The van der Waals surface area contributed by atoms with Gasteiger partial charge in [0.25, 0.3) is 0 Å². The van der Waals surface area contributed by atoms with E-state index in [2.05, 4.69) is 49.4 Å². The van der Waals surface area contributed by atoms with Crippen molar-refractivity contribution in [1.82, 2.24) is 30.2 Å². The Bertz CT molecular complexity index is 1080. The van der Waals surface area contributed by atoms with Crippen molar-refractivity contribution in [3.63, 3.8) is 0 Å². The molecule has 4 heterocycles. The molecule has 1 aliphatic heterocycles. The number of aromatic amines is 1. The normalized spacial score (nSPS) is 16.6. The van der Waals surface area contributed by atoms with Crippen LogP contribution in [0.2, 0.25) is 0 Å². The second-order valence-electron chi connectivity index (χ2n) is 9.22. The third-order valence-corrected chi connectivity index (χ3v) is 6.21. The molecule has 0 bridgehead atoms. The fourth-order valence-electron chi connectivity index (χ4n) is 4.08.